The number of carbonyl (C=O) groups excluding carboxylic acids is 2. The van der Waals surface area contributed by atoms with Crippen LogP contribution in [-0.4, -0.2) is 37.5 Å². The number of rotatable bonds is 6. The summed E-state index contributed by atoms with van der Waals surface area (Å²) in [7, 11) is 3.01. The molecule has 10 heteroatoms. The summed E-state index contributed by atoms with van der Waals surface area (Å²) in [5.74, 6) is -0.229. The first-order valence-corrected chi connectivity index (χ1v) is 8.99. The molecule has 0 bridgehead atoms. The van der Waals surface area contributed by atoms with E-state index in [0.29, 0.717) is 17.2 Å². The summed E-state index contributed by atoms with van der Waals surface area (Å²) in [6.07, 6.45) is 0.0106. The Balaban J connectivity index is 1.76. The predicted octanol–water partition coefficient (Wildman–Crippen LogP) is 3.26. The third kappa shape index (κ3) is 4.24. The third-order valence-electron chi connectivity index (χ3n) is 4.58. The van der Waals surface area contributed by atoms with Crippen molar-refractivity contribution in [1.29, 1.82) is 0 Å². The monoisotopic (exact) mass is 419 g/mol. The van der Waals surface area contributed by atoms with Crippen molar-refractivity contribution in [1.82, 2.24) is 0 Å². The highest BCUT2D eigenvalue weighted by atomic mass is 35.5. The fourth-order valence-corrected chi connectivity index (χ4v) is 3.29. The van der Waals surface area contributed by atoms with Crippen LogP contribution >= 0.6 is 11.6 Å². The van der Waals surface area contributed by atoms with Crippen molar-refractivity contribution in [2.24, 2.45) is 5.92 Å². The Bertz CT molecular complexity index is 980. The average molecular weight is 420 g/mol. The number of nitrogens with one attached hydrogen (secondary N) is 1. The molecule has 2 aromatic rings. The van der Waals surface area contributed by atoms with E-state index in [2.05, 4.69) is 5.32 Å². The highest BCUT2D eigenvalue weighted by molar-refractivity contribution is 6.32. The van der Waals surface area contributed by atoms with Crippen LogP contribution < -0.4 is 19.7 Å². The molecule has 0 radical (unpaired) electrons. The van der Waals surface area contributed by atoms with Crippen molar-refractivity contribution in [3.05, 3.63) is 51.5 Å². The van der Waals surface area contributed by atoms with Crippen LogP contribution in [0.1, 0.15) is 6.42 Å². The molecule has 1 N–H and O–H groups in total. The van der Waals surface area contributed by atoms with Gasteiger partial charge in [-0.1, -0.05) is 11.6 Å². The summed E-state index contributed by atoms with van der Waals surface area (Å²) in [6.45, 7) is 0.156. The summed E-state index contributed by atoms with van der Waals surface area (Å²) in [5, 5.41) is 13.6. The second-order valence-corrected chi connectivity index (χ2v) is 6.76. The lowest BCUT2D eigenvalue weighted by Gasteiger charge is -2.20. The van der Waals surface area contributed by atoms with Gasteiger partial charge in [-0.05, 0) is 24.3 Å². The molecule has 1 fully saturated rings. The van der Waals surface area contributed by atoms with Gasteiger partial charge in [0.05, 0.1) is 30.7 Å². The Morgan fingerprint density at radius 2 is 2.00 bits per heavy atom. The van der Waals surface area contributed by atoms with Gasteiger partial charge in [-0.25, -0.2) is 0 Å². The first-order valence-electron chi connectivity index (χ1n) is 8.61. The van der Waals surface area contributed by atoms with Gasteiger partial charge in [0.2, 0.25) is 11.8 Å². The minimum atomic E-state index is -0.630. The lowest BCUT2D eigenvalue weighted by molar-refractivity contribution is -0.384. The van der Waals surface area contributed by atoms with Gasteiger partial charge in [-0.15, -0.1) is 0 Å². The van der Waals surface area contributed by atoms with E-state index in [-0.39, 0.29) is 35.3 Å². The smallest absolute Gasteiger partial charge is 0.289 e. The number of anilines is 2. The molecular formula is C19H18ClN3O6. The molecule has 1 aliphatic rings. The number of ether oxygens (including phenoxy) is 2. The minimum Gasteiger partial charge on any atom is -0.497 e. The van der Waals surface area contributed by atoms with E-state index in [9.17, 15) is 19.7 Å². The average Bonchev–Trinajstić information content (AvgIpc) is 3.10. The van der Waals surface area contributed by atoms with E-state index in [1.807, 2.05) is 0 Å². The number of hydrogen-bond donors (Lipinski definition) is 1. The van der Waals surface area contributed by atoms with Gasteiger partial charge in [0, 0.05) is 30.8 Å². The number of amides is 2. The number of carbonyl (C=O) groups is 2. The lowest BCUT2D eigenvalue weighted by Crippen LogP contribution is -2.28. The van der Waals surface area contributed by atoms with Crippen LogP contribution in [0.2, 0.25) is 5.02 Å². The quantitative estimate of drug-likeness (QED) is 0.568. The van der Waals surface area contributed by atoms with E-state index in [0.717, 1.165) is 0 Å². The zero-order valence-corrected chi connectivity index (χ0v) is 16.4. The van der Waals surface area contributed by atoms with Crippen LogP contribution in [-0.2, 0) is 9.59 Å². The van der Waals surface area contributed by atoms with Crippen molar-refractivity contribution in [3.8, 4) is 11.5 Å². The molecule has 1 saturated heterocycles. The van der Waals surface area contributed by atoms with Crippen LogP contribution in [0.15, 0.2) is 36.4 Å². The van der Waals surface area contributed by atoms with E-state index in [1.54, 1.807) is 18.2 Å². The molecule has 1 unspecified atom stereocenters. The van der Waals surface area contributed by atoms with Gasteiger partial charge < -0.3 is 19.7 Å². The maximum atomic E-state index is 12.6. The number of nitro benzene ring substituents is 1. The normalized spacial score (nSPS) is 15.9. The van der Waals surface area contributed by atoms with Crippen LogP contribution in [0.5, 0.6) is 11.5 Å². The molecule has 0 saturated carbocycles. The van der Waals surface area contributed by atoms with E-state index in [1.165, 1.54) is 37.3 Å². The van der Waals surface area contributed by atoms with Crippen molar-refractivity contribution in [2.45, 2.75) is 6.42 Å². The van der Waals surface area contributed by atoms with Crippen LogP contribution in [0, 0.1) is 16.0 Å². The van der Waals surface area contributed by atoms with Gasteiger partial charge in [-0.2, -0.15) is 0 Å². The molecule has 2 aromatic carbocycles. The lowest BCUT2D eigenvalue weighted by atomic mass is 10.1. The van der Waals surface area contributed by atoms with Crippen LogP contribution in [0.25, 0.3) is 0 Å². The van der Waals surface area contributed by atoms with Gasteiger partial charge in [0.15, 0.2) is 0 Å². The van der Waals surface area contributed by atoms with Crippen LogP contribution in [0.4, 0.5) is 17.1 Å². The molecule has 1 atom stereocenters. The highest BCUT2D eigenvalue weighted by Crippen LogP contribution is 2.36. The Morgan fingerprint density at radius 1 is 1.24 bits per heavy atom. The largest absolute Gasteiger partial charge is 0.497 e. The van der Waals surface area contributed by atoms with E-state index >= 15 is 0 Å². The topological polar surface area (TPSA) is 111 Å². The summed E-state index contributed by atoms with van der Waals surface area (Å²) >= 11 is 5.78. The number of halogens is 1. The first kappa shape index (κ1) is 20.4. The van der Waals surface area contributed by atoms with Crippen LogP contribution in [0.3, 0.4) is 0 Å². The highest BCUT2D eigenvalue weighted by Gasteiger charge is 2.36. The third-order valence-corrected chi connectivity index (χ3v) is 4.90. The molecule has 0 aromatic heterocycles. The molecular weight excluding hydrogens is 402 g/mol. The molecule has 9 nitrogen and oxygen atoms in total. The number of methoxy groups -OCH3 is 2. The molecule has 0 aliphatic carbocycles. The van der Waals surface area contributed by atoms with Crippen molar-refractivity contribution in [2.75, 3.05) is 31.0 Å². The summed E-state index contributed by atoms with van der Waals surface area (Å²) in [5.41, 5.74) is 0.464. The second kappa shape index (κ2) is 8.36. The van der Waals surface area contributed by atoms with E-state index in [4.69, 9.17) is 21.1 Å². The molecule has 152 valence electrons. The van der Waals surface area contributed by atoms with E-state index < -0.39 is 16.7 Å². The fourth-order valence-electron chi connectivity index (χ4n) is 3.10. The van der Waals surface area contributed by atoms with Gasteiger partial charge in [-0.3, -0.25) is 19.7 Å². The standard InChI is InChI=1S/C19H18ClN3O6/c1-28-13-4-6-15(17(9-13)29-2)22-10-11(7-18(22)24)19(25)21-12-3-5-14(20)16(8-12)23(26)27/h3-6,8-9,11H,7,10H2,1-2H3,(H,21,25). The first-order chi connectivity index (χ1) is 13.8. The number of nitrogens with zero attached hydrogens (tertiary/aromatic N) is 2. The number of nitro groups is 1. The number of hydrogen-bond acceptors (Lipinski definition) is 6. The van der Waals surface area contributed by atoms with Gasteiger partial charge in [0.25, 0.3) is 5.69 Å². The summed E-state index contributed by atoms with van der Waals surface area (Å²) in [4.78, 5) is 37.0. The molecule has 0 spiro atoms. The van der Waals surface area contributed by atoms with Crippen molar-refractivity contribution in [3.63, 3.8) is 0 Å². The molecule has 2 amide bonds. The number of benzene rings is 2. The Kier molecular flexibility index (Phi) is 5.88. The summed E-state index contributed by atoms with van der Waals surface area (Å²) in [6, 6.07) is 9.03. The predicted molar refractivity (Wildman–Crippen MR) is 107 cm³/mol. The zero-order chi connectivity index (χ0) is 21.1. The maximum Gasteiger partial charge on any atom is 0.289 e. The minimum absolute atomic E-state index is 0.0106. The van der Waals surface area contributed by atoms with Gasteiger partial charge >= 0.3 is 0 Å². The molecule has 3 rings (SSSR count). The van der Waals surface area contributed by atoms with Crippen molar-refractivity contribution < 1.29 is 24.0 Å². The SMILES string of the molecule is COc1ccc(N2CC(C(=O)Nc3ccc(Cl)c([N+](=O)[O-])c3)CC2=O)c(OC)c1. The molecule has 1 aliphatic heterocycles. The Labute approximate surface area is 171 Å². The second-order valence-electron chi connectivity index (χ2n) is 6.36. The van der Waals surface area contributed by atoms with Gasteiger partial charge in [0.1, 0.15) is 16.5 Å². The fraction of sp³-hybridized carbons (Fsp3) is 0.263. The Morgan fingerprint density at radius 3 is 2.66 bits per heavy atom. The molecule has 29 heavy (non-hydrogen) atoms. The Hall–Kier alpha value is -3.33. The van der Waals surface area contributed by atoms with Crippen molar-refractivity contribution >= 4 is 40.5 Å². The molecule has 1 heterocycles. The maximum absolute atomic E-state index is 12.6. The summed E-state index contributed by atoms with van der Waals surface area (Å²) < 4.78 is 10.5. The zero-order valence-electron chi connectivity index (χ0n) is 15.7.